The molecule has 16 heavy (non-hydrogen) atoms. The molecule has 1 aromatic rings. The minimum absolute atomic E-state index is 0.0850. The van der Waals surface area contributed by atoms with E-state index in [0.29, 0.717) is 11.8 Å². The first-order chi connectivity index (χ1) is 7.72. The zero-order chi connectivity index (χ0) is 11.5. The van der Waals surface area contributed by atoms with Crippen LogP contribution >= 0.6 is 11.3 Å². The number of nitrogens with zero attached hydrogens (tertiary/aromatic N) is 4. The molecule has 88 valence electrons. The van der Waals surface area contributed by atoms with E-state index in [2.05, 4.69) is 22.5 Å². The van der Waals surface area contributed by atoms with Crippen LogP contribution in [-0.2, 0) is 6.42 Å². The standard InChI is InChI=1S/C9H15N5OS/c1-3-4-5-7-11-12-8(16-7)14-6-10-13(2)9(14)15/h10H,3-6H2,1-2H3. The number of aryl methyl sites for hydroxylation is 1. The van der Waals surface area contributed by atoms with Crippen LogP contribution in [0.4, 0.5) is 9.93 Å². The van der Waals surface area contributed by atoms with Crippen molar-refractivity contribution in [2.24, 2.45) is 0 Å². The van der Waals surface area contributed by atoms with Crippen LogP contribution in [0.2, 0.25) is 0 Å². The van der Waals surface area contributed by atoms with Crippen LogP contribution in [-0.4, -0.2) is 35.0 Å². The molecule has 1 N–H and O–H groups in total. The normalized spacial score (nSPS) is 16.2. The summed E-state index contributed by atoms with van der Waals surface area (Å²) in [5.41, 5.74) is 2.92. The minimum atomic E-state index is -0.0850. The van der Waals surface area contributed by atoms with Crippen molar-refractivity contribution in [3.8, 4) is 0 Å². The Labute approximate surface area is 98.2 Å². The fourth-order valence-electron chi connectivity index (χ4n) is 1.43. The van der Waals surface area contributed by atoms with Gasteiger partial charge in [-0.25, -0.2) is 10.2 Å². The highest BCUT2D eigenvalue weighted by Crippen LogP contribution is 2.23. The van der Waals surface area contributed by atoms with Crippen molar-refractivity contribution in [3.05, 3.63) is 5.01 Å². The molecule has 0 unspecified atom stereocenters. The van der Waals surface area contributed by atoms with Crippen molar-refractivity contribution in [2.45, 2.75) is 26.2 Å². The third-order valence-electron chi connectivity index (χ3n) is 2.42. The molecule has 0 saturated carbocycles. The maximum atomic E-state index is 11.7. The molecule has 1 aliphatic heterocycles. The monoisotopic (exact) mass is 241 g/mol. The summed E-state index contributed by atoms with van der Waals surface area (Å²) in [6, 6.07) is -0.0850. The second kappa shape index (κ2) is 4.75. The molecule has 7 heteroatoms. The number of amides is 2. The number of carbonyl (C=O) groups excluding carboxylic acids is 1. The third-order valence-corrected chi connectivity index (χ3v) is 3.42. The molecule has 6 nitrogen and oxygen atoms in total. The Balaban J connectivity index is 2.04. The lowest BCUT2D eigenvalue weighted by molar-refractivity contribution is 0.217. The molecule has 0 aliphatic carbocycles. The van der Waals surface area contributed by atoms with Gasteiger partial charge in [0.15, 0.2) is 0 Å². The molecule has 2 rings (SSSR count). The third kappa shape index (κ3) is 2.14. The summed E-state index contributed by atoms with van der Waals surface area (Å²) in [5, 5.41) is 11.3. The van der Waals surface area contributed by atoms with Crippen molar-refractivity contribution in [2.75, 3.05) is 18.6 Å². The van der Waals surface area contributed by atoms with Crippen molar-refractivity contribution < 1.29 is 4.79 Å². The molecule has 0 aromatic carbocycles. The Morgan fingerprint density at radius 1 is 1.50 bits per heavy atom. The van der Waals surface area contributed by atoms with E-state index in [1.165, 1.54) is 16.3 Å². The summed E-state index contributed by atoms with van der Waals surface area (Å²) in [4.78, 5) is 13.2. The SMILES string of the molecule is CCCCc1nnc(N2CNN(C)C2=O)s1. The number of anilines is 1. The molecular weight excluding hydrogens is 226 g/mol. The van der Waals surface area contributed by atoms with Gasteiger partial charge in [0.1, 0.15) is 5.01 Å². The lowest BCUT2D eigenvalue weighted by Gasteiger charge is -2.08. The fourth-order valence-corrected chi connectivity index (χ4v) is 2.30. The number of rotatable bonds is 4. The molecule has 1 fully saturated rings. The number of hydrogen-bond acceptors (Lipinski definition) is 5. The summed E-state index contributed by atoms with van der Waals surface area (Å²) in [6.45, 7) is 2.61. The van der Waals surface area contributed by atoms with E-state index in [4.69, 9.17) is 0 Å². The van der Waals surface area contributed by atoms with Gasteiger partial charge in [-0.05, 0) is 6.42 Å². The quantitative estimate of drug-likeness (QED) is 0.861. The molecular formula is C9H15N5OS. The molecule has 2 heterocycles. The lowest BCUT2D eigenvalue weighted by Crippen LogP contribution is -2.31. The Morgan fingerprint density at radius 3 is 2.94 bits per heavy atom. The van der Waals surface area contributed by atoms with E-state index in [9.17, 15) is 4.79 Å². The van der Waals surface area contributed by atoms with Gasteiger partial charge in [0.25, 0.3) is 0 Å². The number of aromatic nitrogens is 2. The Bertz CT molecular complexity index is 380. The summed E-state index contributed by atoms with van der Waals surface area (Å²) in [7, 11) is 1.70. The van der Waals surface area contributed by atoms with Gasteiger partial charge in [0.2, 0.25) is 5.13 Å². The number of nitrogens with one attached hydrogen (secondary N) is 1. The first-order valence-corrected chi connectivity index (χ1v) is 6.15. The van der Waals surface area contributed by atoms with Gasteiger partial charge < -0.3 is 0 Å². The van der Waals surface area contributed by atoms with Gasteiger partial charge in [0, 0.05) is 13.5 Å². The molecule has 0 bridgehead atoms. The highest BCUT2D eigenvalue weighted by Gasteiger charge is 2.28. The molecule has 1 aromatic heterocycles. The summed E-state index contributed by atoms with van der Waals surface area (Å²) in [5.74, 6) is 0. The van der Waals surface area contributed by atoms with Gasteiger partial charge in [-0.15, -0.1) is 10.2 Å². The van der Waals surface area contributed by atoms with E-state index in [1.54, 1.807) is 11.9 Å². The molecule has 0 radical (unpaired) electrons. The fraction of sp³-hybridized carbons (Fsp3) is 0.667. The maximum absolute atomic E-state index is 11.7. The second-order valence-electron chi connectivity index (χ2n) is 3.67. The zero-order valence-corrected chi connectivity index (χ0v) is 10.3. The van der Waals surface area contributed by atoms with Crippen molar-refractivity contribution in [1.29, 1.82) is 0 Å². The average Bonchev–Trinajstić information content (AvgIpc) is 2.85. The predicted molar refractivity (Wildman–Crippen MR) is 62.2 cm³/mol. The summed E-state index contributed by atoms with van der Waals surface area (Å²) >= 11 is 1.49. The lowest BCUT2D eigenvalue weighted by atomic mass is 10.3. The van der Waals surface area contributed by atoms with Gasteiger partial charge in [-0.2, -0.15) is 0 Å². The number of urea groups is 1. The molecule has 2 amide bonds. The van der Waals surface area contributed by atoms with Crippen LogP contribution in [0.25, 0.3) is 0 Å². The first-order valence-electron chi connectivity index (χ1n) is 5.33. The maximum Gasteiger partial charge on any atom is 0.341 e. The number of hydrogen-bond donors (Lipinski definition) is 1. The van der Waals surface area contributed by atoms with Gasteiger partial charge in [-0.3, -0.25) is 9.91 Å². The Kier molecular flexibility index (Phi) is 3.35. The van der Waals surface area contributed by atoms with E-state index >= 15 is 0 Å². The van der Waals surface area contributed by atoms with Crippen molar-refractivity contribution in [1.82, 2.24) is 20.6 Å². The Morgan fingerprint density at radius 2 is 2.31 bits per heavy atom. The van der Waals surface area contributed by atoms with Crippen LogP contribution in [0.3, 0.4) is 0 Å². The van der Waals surface area contributed by atoms with E-state index in [0.717, 1.165) is 24.3 Å². The smallest absolute Gasteiger partial charge is 0.261 e. The predicted octanol–water partition coefficient (Wildman–Crippen LogP) is 1.21. The topological polar surface area (TPSA) is 61.4 Å². The van der Waals surface area contributed by atoms with E-state index in [1.807, 2.05) is 0 Å². The van der Waals surface area contributed by atoms with Crippen LogP contribution in [0.1, 0.15) is 24.8 Å². The highest BCUT2D eigenvalue weighted by molar-refractivity contribution is 7.15. The largest absolute Gasteiger partial charge is 0.341 e. The van der Waals surface area contributed by atoms with Gasteiger partial charge >= 0.3 is 6.03 Å². The van der Waals surface area contributed by atoms with Crippen LogP contribution in [0.15, 0.2) is 0 Å². The first kappa shape index (κ1) is 11.3. The molecule has 1 aliphatic rings. The molecule has 0 spiro atoms. The molecule has 0 atom stereocenters. The van der Waals surface area contributed by atoms with Crippen molar-refractivity contribution in [3.63, 3.8) is 0 Å². The highest BCUT2D eigenvalue weighted by atomic mass is 32.1. The summed E-state index contributed by atoms with van der Waals surface area (Å²) in [6.07, 6.45) is 3.20. The minimum Gasteiger partial charge on any atom is -0.261 e. The van der Waals surface area contributed by atoms with Crippen molar-refractivity contribution >= 4 is 22.5 Å². The van der Waals surface area contributed by atoms with Gasteiger partial charge in [-0.1, -0.05) is 24.7 Å². The van der Waals surface area contributed by atoms with E-state index < -0.39 is 0 Å². The zero-order valence-electron chi connectivity index (χ0n) is 9.43. The number of carbonyl (C=O) groups is 1. The van der Waals surface area contributed by atoms with Crippen LogP contribution in [0, 0.1) is 0 Å². The Hall–Kier alpha value is -1.21. The van der Waals surface area contributed by atoms with Crippen LogP contribution in [0.5, 0.6) is 0 Å². The van der Waals surface area contributed by atoms with Crippen LogP contribution < -0.4 is 10.3 Å². The number of hydrazine groups is 1. The molecule has 1 saturated heterocycles. The average molecular weight is 241 g/mol. The summed E-state index contributed by atoms with van der Waals surface area (Å²) < 4.78 is 0. The second-order valence-corrected chi connectivity index (χ2v) is 4.71. The van der Waals surface area contributed by atoms with Gasteiger partial charge in [0.05, 0.1) is 6.67 Å². The van der Waals surface area contributed by atoms with E-state index in [-0.39, 0.29) is 6.03 Å². The number of unbranched alkanes of at least 4 members (excludes halogenated alkanes) is 1.